The third-order valence-corrected chi connectivity index (χ3v) is 2.79. The van der Waals surface area contributed by atoms with E-state index in [9.17, 15) is 4.79 Å². The molecular formula is C11H11N5O. The minimum Gasteiger partial charge on any atom is -0.345 e. The van der Waals surface area contributed by atoms with Crippen LogP contribution in [0.4, 0.5) is 0 Å². The van der Waals surface area contributed by atoms with Crippen LogP contribution in [0.15, 0.2) is 29.3 Å². The van der Waals surface area contributed by atoms with Crippen LogP contribution in [0.3, 0.4) is 0 Å². The summed E-state index contributed by atoms with van der Waals surface area (Å²) in [7, 11) is 0. The summed E-state index contributed by atoms with van der Waals surface area (Å²) >= 11 is 0. The highest BCUT2D eigenvalue weighted by Crippen LogP contribution is 2.22. The van der Waals surface area contributed by atoms with Crippen LogP contribution >= 0.6 is 0 Å². The molecule has 0 atom stereocenters. The number of rotatable bonds is 2. The molecule has 0 fully saturated rings. The number of nitrogens with two attached hydrogens (primary N) is 1. The van der Waals surface area contributed by atoms with Crippen molar-refractivity contribution in [3.63, 3.8) is 0 Å². The van der Waals surface area contributed by atoms with E-state index in [-0.39, 0.29) is 12.1 Å². The summed E-state index contributed by atoms with van der Waals surface area (Å²) in [5, 5.41) is 5.39. The van der Waals surface area contributed by atoms with Gasteiger partial charge in [-0.15, -0.1) is 0 Å². The summed E-state index contributed by atoms with van der Waals surface area (Å²) in [6.45, 7) is 0.204. The van der Waals surface area contributed by atoms with E-state index in [1.165, 1.54) is 0 Å². The Balaban J connectivity index is 2.22. The number of fused-ring (bicyclic) bond motifs is 1. The fraction of sp³-hybridized carbons (Fsp3) is 0.0909. The average molecular weight is 229 g/mol. The van der Waals surface area contributed by atoms with Crippen LogP contribution in [0.25, 0.3) is 22.3 Å². The van der Waals surface area contributed by atoms with Crippen molar-refractivity contribution in [2.75, 3.05) is 0 Å². The van der Waals surface area contributed by atoms with Gasteiger partial charge in [-0.25, -0.2) is 4.98 Å². The van der Waals surface area contributed by atoms with E-state index in [2.05, 4.69) is 20.2 Å². The quantitative estimate of drug-likeness (QED) is 0.520. The van der Waals surface area contributed by atoms with Gasteiger partial charge in [0, 0.05) is 12.1 Å². The van der Waals surface area contributed by atoms with Crippen molar-refractivity contribution in [3.05, 3.63) is 40.4 Å². The highest BCUT2D eigenvalue weighted by Gasteiger charge is 2.10. The molecule has 0 saturated heterocycles. The third-order valence-electron chi connectivity index (χ3n) is 2.79. The van der Waals surface area contributed by atoms with Gasteiger partial charge in [-0.1, -0.05) is 6.07 Å². The van der Waals surface area contributed by atoms with Gasteiger partial charge in [0.2, 0.25) is 0 Å². The predicted molar refractivity (Wildman–Crippen MR) is 64.4 cm³/mol. The molecule has 5 N–H and O–H groups in total. The van der Waals surface area contributed by atoms with Crippen LogP contribution in [0.5, 0.6) is 0 Å². The molecule has 0 radical (unpaired) electrons. The predicted octanol–water partition coefficient (Wildman–Crippen LogP) is 0.705. The van der Waals surface area contributed by atoms with E-state index in [0.717, 1.165) is 22.3 Å². The van der Waals surface area contributed by atoms with Crippen molar-refractivity contribution < 1.29 is 0 Å². The maximum Gasteiger partial charge on any atom is 0.269 e. The van der Waals surface area contributed by atoms with Crippen molar-refractivity contribution in [1.29, 1.82) is 0 Å². The Morgan fingerprint density at radius 3 is 3.00 bits per heavy atom. The first-order valence-corrected chi connectivity index (χ1v) is 5.22. The second-order valence-corrected chi connectivity index (χ2v) is 3.77. The number of aromatic amines is 3. The molecule has 0 aliphatic carbocycles. The van der Waals surface area contributed by atoms with Crippen LogP contribution in [0.1, 0.15) is 5.56 Å². The van der Waals surface area contributed by atoms with Crippen LogP contribution in [0, 0.1) is 0 Å². The smallest absolute Gasteiger partial charge is 0.269 e. The number of H-pyrrole nitrogens is 3. The number of hydrogen-bond acceptors (Lipinski definition) is 3. The Kier molecular flexibility index (Phi) is 2.09. The second kappa shape index (κ2) is 3.60. The van der Waals surface area contributed by atoms with Crippen molar-refractivity contribution in [2.24, 2.45) is 5.73 Å². The van der Waals surface area contributed by atoms with E-state index < -0.39 is 0 Å². The Bertz CT molecular complexity index is 721. The number of nitrogens with one attached hydrogen (secondary N) is 3. The SMILES string of the molecule is NCc1c(-c2ccc3nc[nH]c3c2)[nH][nH]c1=O. The Labute approximate surface area is 95.9 Å². The summed E-state index contributed by atoms with van der Waals surface area (Å²) in [5.41, 5.74) is 9.40. The lowest BCUT2D eigenvalue weighted by Gasteiger charge is -2.00. The minimum absolute atomic E-state index is 0.174. The molecular weight excluding hydrogens is 218 g/mol. The summed E-state index contributed by atoms with van der Waals surface area (Å²) in [4.78, 5) is 18.6. The lowest BCUT2D eigenvalue weighted by atomic mass is 10.1. The summed E-state index contributed by atoms with van der Waals surface area (Å²) < 4.78 is 0. The number of benzene rings is 1. The fourth-order valence-corrected chi connectivity index (χ4v) is 1.92. The largest absolute Gasteiger partial charge is 0.345 e. The highest BCUT2D eigenvalue weighted by atomic mass is 16.1. The van der Waals surface area contributed by atoms with Gasteiger partial charge in [-0.2, -0.15) is 0 Å². The first-order chi connectivity index (χ1) is 8.29. The molecule has 3 aromatic rings. The van der Waals surface area contributed by atoms with E-state index in [0.29, 0.717) is 5.56 Å². The van der Waals surface area contributed by atoms with Crippen LogP contribution in [0.2, 0.25) is 0 Å². The molecule has 0 spiro atoms. The van der Waals surface area contributed by atoms with Crippen LogP contribution < -0.4 is 11.3 Å². The van der Waals surface area contributed by atoms with E-state index in [4.69, 9.17) is 5.73 Å². The van der Waals surface area contributed by atoms with Gasteiger partial charge in [0.1, 0.15) is 0 Å². The van der Waals surface area contributed by atoms with Crippen LogP contribution in [-0.4, -0.2) is 20.2 Å². The van der Waals surface area contributed by atoms with Gasteiger partial charge in [0.15, 0.2) is 0 Å². The van der Waals surface area contributed by atoms with Gasteiger partial charge < -0.3 is 10.7 Å². The highest BCUT2D eigenvalue weighted by molar-refractivity contribution is 5.81. The first-order valence-electron chi connectivity index (χ1n) is 5.22. The normalized spacial score (nSPS) is 11.1. The molecule has 17 heavy (non-hydrogen) atoms. The molecule has 2 aromatic heterocycles. The molecule has 3 rings (SSSR count). The zero-order valence-electron chi connectivity index (χ0n) is 8.95. The fourth-order valence-electron chi connectivity index (χ4n) is 1.92. The van der Waals surface area contributed by atoms with Crippen molar-refractivity contribution in [3.8, 4) is 11.3 Å². The number of imidazole rings is 1. The zero-order chi connectivity index (χ0) is 11.8. The van der Waals surface area contributed by atoms with Crippen LogP contribution in [-0.2, 0) is 6.54 Å². The minimum atomic E-state index is -0.174. The first kappa shape index (κ1) is 9.86. The van der Waals surface area contributed by atoms with Crippen molar-refractivity contribution in [1.82, 2.24) is 20.2 Å². The topological polar surface area (TPSA) is 103 Å². The standard InChI is InChI=1S/C11H11N5O/c12-4-7-10(15-16-11(7)17)6-1-2-8-9(3-6)14-5-13-8/h1-3,5H,4,12H2,(H,13,14)(H2,15,16,17). The van der Waals surface area contributed by atoms with E-state index in [1.54, 1.807) is 6.33 Å². The van der Waals surface area contributed by atoms with E-state index >= 15 is 0 Å². The molecule has 6 heteroatoms. The van der Waals surface area contributed by atoms with Crippen molar-refractivity contribution in [2.45, 2.75) is 6.54 Å². The van der Waals surface area contributed by atoms with Gasteiger partial charge in [-0.3, -0.25) is 15.0 Å². The maximum atomic E-state index is 11.5. The molecule has 0 aliphatic rings. The number of nitrogens with zero attached hydrogens (tertiary/aromatic N) is 1. The summed E-state index contributed by atoms with van der Waals surface area (Å²) in [6, 6.07) is 5.73. The van der Waals surface area contributed by atoms with Gasteiger partial charge in [0.25, 0.3) is 5.56 Å². The van der Waals surface area contributed by atoms with E-state index in [1.807, 2.05) is 18.2 Å². The Morgan fingerprint density at radius 1 is 1.29 bits per heavy atom. The molecule has 0 aliphatic heterocycles. The lowest BCUT2D eigenvalue weighted by Crippen LogP contribution is -2.10. The Hall–Kier alpha value is -2.34. The zero-order valence-corrected chi connectivity index (χ0v) is 8.95. The summed E-state index contributed by atoms with van der Waals surface area (Å²) in [5.74, 6) is 0. The second-order valence-electron chi connectivity index (χ2n) is 3.77. The molecule has 1 aromatic carbocycles. The maximum absolute atomic E-state index is 11.5. The monoisotopic (exact) mass is 229 g/mol. The molecule has 2 heterocycles. The number of aromatic nitrogens is 4. The number of hydrogen-bond donors (Lipinski definition) is 4. The molecule has 0 amide bonds. The molecule has 0 bridgehead atoms. The lowest BCUT2D eigenvalue weighted by molar-refractivity contribution is 1.04. The average Bonchev–Trinajstić information content (AvgIpc) is 2.93. The van der Waals surface area contributed by atoms with Gasteiger partial charge in [0.05, 0.1) is 28.6 Å². The van der Waals surface area contributed by atoms with Crippen molar-refractivity contribution >= 4 is 11.0 Å². The molecule has 86 valence electrons. The third kappa shape index (κ3) is 1.46. The Morgan fingerprint density at radius 2 is 2.18 bits per heavy atom. The van der Waals surface area contributed by atoms with Gasteiger partial charge in [-0.05, 0) is 12.1 Å². The molecule has 0 saturated carbocycles. The molecule has 6 nitrogen and oxygen atoms in total. The molecule has 0 unspecified atom stereocenters. The summed E-state index contributed by atoms with van der Waals surface area (Å²) in [6.07, 6.45) is 1.64. The van der Waals surface area contributed by atoms with Gasteiger partial charge >= 0.3 is 0 Å².